The first kappa shape index (κ1) is 18.4. The second-order valence-corrected chi connectivity index (χ2v) is 8.99. The molecular formula is C24H34N4. The predicted molar refractivity (Wildman–Crippen MR) is 114 cm³/mol. The first-order valence-corrected chi connectivity index (χ1v) is 11.5. The van der Waals surface area contributed by atoms with Crippen LogP contribution in [0.4, 0.5) is 0 Å². The number of fused-ring (bicyclic) bond motifs is 1. The lowest BCUT2D eigenvalue weighted by molar-refractivity contribution is 0.0775. The average molecular weight is 379 g/mol. The second-order valence-electron chi connectivity index (χ2n) is 8.99. The van der Waals surface area contributed by atoms with Gasteiger partial charge in [-0.15, -0.1) is 0 Å². The van der Waals surface area contributed by atoms with Gasteiger partial charge in [0.1, 0.15) is 0 Å². The van der Waals surface area contributed by atoms with Crippen molar-refractivity contribution in [2.45, 2.75) is 63.3 Å². The van der Waals surface area contributed by atoms with Crippen LogP contribution in [0, 0.1) is 0 Å². The molecule has 0 radical (unpaired) electrons. The van der Waals surface area contributed by atoms with Crippen molar-refractivity contribution in [1.82, 2.24) is 19.6 Å². The zero-order chi connectivity index (χ0) is 18.8. The highest BCUT2D eigenvalue weighted by Gasteiger charge is 2.29. The molecule has 4 heteroatoms. The highest BCUT2D eigenvalue weighted by Crippen LogP contribution is 2.36. The standard InChI is InChI=1S/C24H34N4/c1-3-7-21(8-4-1)27-17-15-26(16-18-27)14-13-20-11-12-24-23(20)19-25-28(24)22-9-5-2-6-10-22/h2,5-6,9-10,19-21H,1,3-4,7-8,11-18H2. The van der Waals surface area contributed by atoms with Crippen LogP contribution in [0.5, 0.6) is 0 Å². The molecule has 1 aromatic carbocycles. The first-order chi connectivity index (χ1) is 13.9. The summed E-state index contributed by atoms with van der Waals surface area (Å²) >= 11 is 0. The molecule has 0 bridgehead atoms. The van der Waals surface area contributed by atoms with Crippen LogP contribution in [-0.4, -0.2) is 58.3 Å². The molecule has 1 saturated heterocycles. The Morgan fingerprint density at radius 2 is 1.68 bits per heavy atom. The monoisotopic (exact) mass is 378 g/mol. The Bertz CT molecular complexity index is 754. The van der Waals surface area contributed by atoms with Gasteiger partial charge >= 0.3 is 0 Å². The van der Waals surface area contributed by atoms with E-state index in [-0.39, 0.29) is 0 Å². The zero-order valence-electron chi connectivity index (χ0n) is 17.1. The number of benzene rings is 1. The maximum absolute atomic E-state index is 4.71. The molecule has 0 N–H and O–H groups in total. The van der Waals surface area contributed by atoms with E-state index in [0.717, 1.165) is 6.04 Å². The largest absolute Gasteiger partial charge is 0.301 e. The summed E-state index contributed by atoms with van der Waals surface area (Å²) in [7, 11) is 0. The van der Waals surface area contributed by atoms with E-state index in [1.54, 1.807) is 0 Å². The normalized spacial score (nSPS) is 24.5. The number of hydrogen-bond donors (Lipinski definition) is 0. The van der Waals surface area contributed by atoms with E-state index in [2.05, 4.69) is 51.0 Å². The summed E-state index contributed by atoms with van der Waals surface area (Å²) in [6.07, 6.45) is 13.1. The van der Waals surface area contributed by atoms with E-state index >= 15 is 0 Å². The number of aromatic nitrogens is 2. The lowest BCUT2D eigenvalue weighted by Gasteiger charge is -2.41. The fourth-order valence-corrected chi connectivity index (χ4v) is 5.67. The van der Waals surface area contributed by atoms with Gasteiger partial charge in [0.05, 0.1) is 11.9 Å². The molecule has 150 valence electrons. The van der Waals surface area contributed by atoms with E-state index in [1.807, 2.05) is 0 Å². The fourth-order valence-electron chi connectivity index (χ4n) is 5.67. The van der Waals surface area contributed by atoms with Gasteiger partial charge in [-0.05, 0) is 62.3 Å². The number of piperazine rings is 1. The molecule has 1 saturated carbocycles. The minimum absolute atomic E-state index is 0.698. The molecule has 3 aliphatic rings. The summed E-state index contributed by atoms with van der Waals surface area (Å²) in [5, 5.41) is 4.71. The van der Waals surface area contributed by atoms with Gasteiger partial charge in [-0.1, -0.05) is 37.5 Å². The number of nitrogens with zero attached hydrogens (tertiary/aromatic N) is 4. The molecule has 1 atom stereocenters. The summed E-state index contributed by atoms with van der Waals surface area (Å²) < 4.78 is 2.16. The highest BCUT2D eigenvalue weighted by atomic mass is 15.3. The van der Waals surface area contributed by atoms with Gasteiger partial charge in [0.25, 0.3) is 0 Å². The third-order valence-corrected chi connectivity index (χ3v) is 7.36. The summed E-state index contributed by atoms with van der Waals surface area (Å²) in [4.78, 5) is 5.49. The van der Waals surface area contributed by atoms with E-state index in [9.17, 15) is 0 Å². The van der Waals surface area contributed by atoms with Crippen molar-refractivity contribution < 1.29 is 0 Å². The molecule has 1 unspecified atom stereocenters. The third-order valence-electron chi connectivity index (χ3n) is 7.36. The lowest BCUT2D eigenvalue weighted by Crippen LogP contribution is -2.50. The molecule has 2 aromatic rings. The molecular weight excluding hydrogens is 344 g/mol. The number of rotatable bonds is 5. The second kappa shape index (κ2) is 8.38. The maximum atomic E-state index is 4.71. The molecule has 2 fully saturated rings. The van der Waals surface area contributed by atoms with Crippen molar-refractivity contribution >= 4 is 0 Å². The van der Waals surface area contributed by atoms with Crippen LogP contribution in [0.25, 0.3) is 5.69 Å². The first-order valence-electron chi connectivity index (χ1n) is 11.5. The topological polar surface area (TPSA) is 24.3 Å². The molecule has 1 aromatic heterocycles. The average Bonchev–Trinajstić information content (AvgIpc) is 3.36. The van der Waals surface area contributed by atoms with Crippen LogP contribution < -0.4 is 0 Å². The van der Waals surface area contributed by atoms with Crippen LogP contribution in [0.15, 0.2) is 36.5 Å². The molecule has 0 amide bonds. The third kappa shape index (κ3) is 3.77. The van der Waals surface area contributed by atoms with Crippen LogP contribution >= 0.6 is 0 Å². The van der Waals surface area contributed by atoms with Gasteiger partial charge in [-0.3, -0.25) is 4.90 Å². The summed E-state index contributed by atoms with van der Waals surface area (Å²) in [5.74, 6) is 0.698. The van der Waals surface area contributed by atoms with Crippen molar-refractivity contribution in [2.24, 2.45) is 0 Å². The SMILES string of the molecule is c1ccc(-n2ncc3c2CCC3CCN2CCN(C3CCCCC3)CC2)cc1. The van der Waals surface area contributed by atoms with Gasteiger partial charge in [0.15, 0.2) is 0 Å². The minimum Gasteiger partial charge on any atom is -0.301 e. The van der Waals surface area contributed by atoms with Gasteiger partial charge in [-0.2, -0.15) is 5.10 Å². The van der Waals surface area contributed by atoms with E-state index in [0.29, 0.717) is 5.92 Å². The van der Waals surface area contributed by atoms with Crippen molar-refractivity contribution in [1.29, 1.82) is 0 Å². The molecule has 28 heavy (non-hydrogen) atoms. The van der Waals surface area contributed by atoms with Gasteiger partial charge in [-0.25, -0.2) is 4.68 Å². The van der Waals surface area contributed by atoms with Crippen molar-refractivity contribution in [3.63, 3.8) is 0 Å². The molecule has 2 heterocycles. The van der Waals surface area contributed by atoms with Crippen molar-refractivity contribution in [3.8, 4) is 5.69 Å². The van der Waals surface area contributed by atoms with E-state index in [4.69, 9.17) is 5.10 Å². The van der Waals surface area contributed by atoms with Crippen molar-refractivity contribution in [2.75, 3.05) is 32.7 Å². The Labute approximate surface area is 169 Å². The zero-order valence-corrected chi connectivity index (χ0v) is 17.1. The van der Waals surface area contributed by atoms with Crippen molar-refractivity contribution in [3.05, 3.63) is 47.8 Å². The highest BCUT2D eigenvalue weighted by molar-refractivity contribution is 5.38. The van der Waals surface area contributed by atoms with Gasteiger partial charge in [0, 0.05) is 37.9 Å². The molecule has 5 rings (SSSR count). The van der Waals surface area contributed by atoms with Crippen LogP contribution in [0.3, 0.4) is 0 Å². The lowest BCUT2D eigenvalue weighted by atomic mass is 9.93. The summed E-state index contributed by atoms with van der Waals surface area (Å²) in [6.45, 7) is 6.34. The van der Waals surface area contributed by atoms with Gasteiger partial charge in [0.2, 0.25) is 0 Å². The summed E-state index contributed by atoms with van der Waals surface area (Å²) in [5.41, 5.74) is 4.14. The van der Waals surface area contributed by atoms with Gasteiger partial charge < -0.3 is 4.90 Å². The quantitative estimate of drug-likeness (QED) is 0.778. The van der Waals surface area contributed by atoms with E-state index < -0.39 is 0 Å². The smallest absolute Gasteiger partial charge is 0.0648 e. The Kier molecular flexibility index (Phi) is 5.50. The van der Waals surface area contributed by atoms with Crippen LogP contribution in [-0.2, 0) is 6.42 Å². The Hall–Kier alpha value is -1.65. The molecule has 0 spiro atoms. The van der Waals surface area contributed by atoms with Crippen LogP contribution in [0.2, 0.25) is 0 Å². The Morgan fingerprint density at radius 3 is 2.46 bits per heavy atom. The predicted octanol–water partition coefficient (Wildman–Crippen LogP) is 4.24. The molecule has 4 nitrogen and oxygen atoms in total. The fraction of sp³-hybridized carbons (Fsp3) is 0.625. The molecule has 1 aliphatic heterocycles. The summed E-state index contributed by atoms with van der Waals surface area (Å²) in [6, 6.07) is 11.5. The minimum atomic E-state index is 0.698. The number of para-hydroxylation sites is 1. The van der Waals surface area contributed by atoms with E-state index in [1.165, 1.54) is 101 Å². The van der Waals surface area contributed by atoms with Crippen LogP contribution in [0.1, 0.15) is 62.1 Å². The Morgan fingerprint density at radius 1 is 0.893 bits per heavy atom. The Balaban J connectivity index is 1.14. The maximum Gasteiger partial charge on any atom is 0.0648 e. The number of hydrogen-bond acceptors (Lipinski definition) is 3. The molecule has 2 aliphatic carbocycles.